The molecule has 1 N–H and O–H groups in total. The molecular formula is C16H16N2O3. The molecule has 21 heavy (non-hydrogen) atoms. The van der Waals surface area contributed by atoms with Crippen LogP contribution in [-0.4, -0.2) is 17.1 Å². The third-order valence-corrected chi connectivity index (χ3v) is 3.51. The van der Waals surface area contributed by atoms with Crippen LogP contribution >= 0.6 is 0 Å². The number of carbonyl (C=O) groups excluding carboxylic acids is 1. The summed E-state index contributed by atoms with van der Waals surface area (Å²) in [5.74, 6) is 0.635. The van der Waals surface area contributed by atoms with E-state index in [0.717, 1.165) is 17.7 Å². The summed E-state index contributed by atoms with van der Waals surface area (Å²) in [5, 5.41) is 2.97. The van der Waals surface area contributed by atoms with Gasteiger partial charge in [0.2, 0.25) is 5.91 Å². The lowest BCUT2D eigenvalue weighted by Gasteiger charge is -2.26. The van der Waals surface area contributed by atoms with Gasteiger partial charge in [0.25, 0.3) is 5.56 Å². The number of pyridine rings is 1. The van der Waals surface area contributed by atoms with Gasteiger partial charge in [-0.25, -0.2) is 0 Å². The third-order valence-electron chi connectivity index (χ3n) is 3.51. The number of nitrogens with zero attached hydrogens (tertiary/aromatic N) is 1. The molecule has 5 nitrogen and oxygen atoms in total. The van der Waals surface area contributed by atoms with E-state index in [1.54, 1.807) is 18.3 Å². The van der Waals surface area contributed by atoms with Crippen molar-refractivity contribution in [3.63, 3.8) is 0 Å². The SMILES string of the molecule is O=C(Cn1ccccc1=O)NC1CCOc2ccccc21. The van der Waals surface area contributed by atoms with Crippen molar-refractivity contribution in [1.29, 1.82) is 0 Å². The molecule has 0 fully saturated rings. The quantitative estimate of drug-likeness (QED) is 0.929. The molecule has 0 radical (unpaired) electrons. The number of carbonyl (C=O) groups is 1. The molecule has 1 aliphatic heterocycles. The van der Waals surface area contributed by atoms with Crippen molar-refractivity contribution in [3.8, 4) is 5.75 Å². The molecule has 1 aromatic carbocycles. The van der Waals surface area contributed by atoms with E-state index in [4.69, 9.17) is 4.74 Å². The number of hydrogen-bond acceptors (Lipinski definition) is 3. The molecule has 3 rings (SSSR count). The Kier molecular flexibility index (Phi) is 3.73. The van der Waals surface area contributed by atoms with Crippen LogP contribution in [-0.2, 0) is 11.3 Å². The molecule has 2 aromatic rings. The minimum atomic E-state index is -0.181. The molecule has 1 aromatic heterocycles. The summed E-state index contributed by atoms with van der Waals surface area (Å²) in [4.78, 5) is 23.7. The number of hydrogen-bond donors (Lipinski definition) is 1. The van der Waals surface area contributed by atoms with Crippen molar-refractivity contribution >= 4 is 5.91 Å². The van der Waals surface area contributed by atoms with Gasteiger partial charge in [0.05, 0.1) is 12.6 Å². The highest BCUT2D eigenvalue weighted by atomic mass is 16.5. The average Bonchev–Trinajstić information content (AvgIpc) is 2.50. The lowest BCUT2D eigenvalue weighted by Crippen LogP contribution is -2.36. The van der Waals surface area contributed by atoms with Gasteiger partial charge >= 0.3 is 0 Å². The number of fused-ring (bicyclic) bond motifs is 1. The van der Waals surface area contributed by atoms with Crippen LogP contribution in [0, 0.1) is 0 Å². The van der Waals surface area contributed by atoms with E-state index in [9.17, 15) is 9.59 Å². The fourth-order valence-corrected chi connectivity index (χ4v) is 2.48. The Morgan fingerprint density at radius 1 is 1.24 bits per heavy atom. The van der Waals surface area contributed by atoms with Gasteiger partial charge in [-0.2, -0.15) is 0 Å². The molecule has 0 bridgehead atoms. The monoisotopic (exact) mass is 284 g/mol. The van der Waals surface area contributed by atoms with Gasteiger partial charge in [-0.15, -0.1) is 0 Å². The number of rotatable bonds is 3. The molecule has 0 saturated carbocycles. The van der Waals surface area contributed by atoms with E-state index in [1.807, 2.05) is 24.3 Å². The zero-order chi connectivity index (χ0) is 14.7. The molecule has 108 valence electrons. The molecule has 1 aliphatic rings. The second-order valence-electron chi connectivity index (χ2n) is 4.96. The van der Waals surface area contributed by atoms with E-state index in [1.165, 1.54) is 10.6 Å². The Balaban J connectivity index is 1.72. The average molecular weight is 284 g/mol. The molecular weight excluding hydrogens is 268 g/mol. The van der Waals surface area contributed by atoms with Crippen molar-refractivity contribution in [2.24, 2.45) is 0 Å². The van der Waals surface area contributed by atoms with Gasteiger partial charge < -0.3 is 14.6 Å². The summed E-state index contributed by atoms with van der Waals surface area (Å²) in [7, 11) is 0. The number of benzene rings is 1. The molecule has 0 saturated heterocycles. The van der Waals surface area contributed by atoms with Gasteiger partial charge in [0.1, 0.15) is 12.3 Å². The summed E-state index contributed by atoms with van der Waals surface area (Å²) >= 11 is 0. The van der Waals surface area contributed by atoms with Crippen LogP contribution in [0.2, 0.25) is 0 Å². The highest BCUT2D eigenvalue weighted by Crippen LogP contribution is 2.31. The molecule has 0 spiro atoms. The Labute approximate surface area is 122 Å². The minimum absolute atomic E-state index is 0.0270. The van der Waals surface area contributed by atoms with Gasteiger partial charge in [0.15, 0.2) is 0 Å². The van der Waals surface area contributed by atoms with Crippen molar-refractivity contribution in [2.45, 2.75) is 19.0 Å². The first kappa shape index (κ1) is 13.4. The van der Waals surface area contributed by atoms with Crippen molar-refractivity contribution in [1.82, 2.24) is 9.88 Å². The zero-order valence-corrected chi connectivity index (χ0v) is 11.5. The first-order valence-corrected chi connectivity index (χ1v) is 6.90. The topological polar surface area (TPSA) is 60.3 Å². The fourth-order valence-electron chi connectivity index (χ4n) is 2.48. The van der Waals surface area contributed by atoms with Crippen LogP contribution in [0.25, 0.3) is 0 Å². The number of nitrogens with one attached hydrogen (secondary N) is 1. The van der Waals surface area contributed by atoms with E-state index >= 15 is 0 Å². The summed E-state index contributed by atoms with van der Waals surface area (Å²) in [6.07, 6.45) is 2.34. The first-order valence-electron chi connectivity index (χ1n) is 6.90. The summed E-state index contributed by atoms with van der Waals surface area (Å²) in [6.45, 7) is 0.604. The van der Waals surface area contributed by atoms with Crippen LogP contribution in [0.1, 0.15) is 18.0 Å². The second-order valence-corrected chi connectivity index (χ2v) is 4.96. The maximum Gasteiger partial charge on any atom is 0.250 e. The number of amides is 1. The van der Waals surface area contributed by atoms with Gasteiger partial charge in [-0.05, 0) is 12.1 Å². The Hall–Kier alpha value is -2.56. The Morgan fingerprint density at radius 3 is 2.90 bits per heavy atom. The van der Waals surface area contributed by atoms with Crippen LogP contribution < -0.4 is 15.6 Å². The summed E-state index contributed by atoms with van der Waals surface area (Å²) < 4.78 is 6.96. The van der Waals surface area contributed by atoms with E-state index < -0.39 is 0 Å². The number of para-hydroxylation sites is 1. The molecule has 1 atom stereocenters. The van der Waals surface area contributed by atoms with Crippen LogP contribution in [0.15, 0.2) is 53.5 Å². The van der Waals surface area contributed by atoms with Crippen molar-refractivity contribution < 1.29 is 9.53 Å². The molecule has 1 amide bonds. The van der Waals surface area contributed by atoms with Crippen LogP contribution in [0.3, 0.4) is 0 Å². The van der Waals surface area contributed by atoms with Crippen molar-refractivity contribution in [2.75, 3.05) is 6.61 Å². The standard InChI is InChI=1S/C16H16N2O3/c19-15(11-18-9-4-3-7-16(18)20)17-13-8-10-21-14-6-2-1-5-12(13)14/h1-7,9,13H,8,10-11H2,(H,17,19). The molecule has 0 aliphatic carbocycles. The van der Waals surface area contributed by atoms with E-state index in [2.05, 4.69) is 5.32 Å². The fraction of sp³-hybridized carbons (Fsp3) is 0.250. The Morgan fingerprint density at radius 2 is 2.05 bits per heavy atom. The summed E-state index contributed by atoms with van der Waals surface area (Å²) in [6, 6.07) is 12.5. The lowest BCUT2D eigenvalue weighted by atomic mass is 10.0. The second kappa shape index (κ2) is 5.83. The zero-order valence-electron chi connectivity index (χ0n) is 11.5. The minimum Gasteiger partial charge on any atom is -0.493 e. The largest absolute Gasteiger partial charge is 0.493 e. The van der Waals surface area contributed by atoms with E-state index in [0.29, 0.717) is 6.61 Å². The van der Waals surface area contributed by atoms with E-state index in [-0.39, 0.29) is 24.1 Å². The van der Waals surface area contributed by atoms with Crippen LogP contribution in [0.4, 0.5) is 0 Å². The van der Waals surface area contributed by atoms with Crippen molar-refractivity contribution in [3.05, 3.63) is 64.6 Å². The predicted octanol–water partition coefficient (Wildman–Crippen LogP) is 1.49. The number of aromatic nitrogens is 1. The van der Waals surface area contributed by atoms with Gasteiger partial charge in [-0.3, -0.25) is 9.59 Å². The lowest BCUT2D eigenvalue weighted by molar-refractivity contribution is -0.122. The maximum atomic E-state index is 12.1. The first-order chi connectivity index (χ1) is 10.2. The smallest absolute Gasteiger partial charge is 0.250 e. The Bertz CT molecular complexity index is 708. The van der Waals surface area contributed by atoms with Crippen LogP contribution in [0.5, 0.6) is 5.75 Å². The van der Waals surface area contributed by atoms with Gasteiger partial charge in [-0.1, -0.05) is 24.3 Å². The summed E-state index contributed by atoms with van der Waals surface area (Å²) in [5.41, 5.74) is 0.803. The normalized spacial score (nSPS) is 16.7. The molecule has 1 unspecified atom stereocenters. The molecule has 5 heteroatoms. The van der Waals surface area contributed by atoms with Gasteiger partial charge in [0, 0.05) is 24.2 Å². The maximum absolute atomic E-state index is 12.1. The highest BCUT2D eigenvalue weighted by molar-refractivity contribution is 5.76. The predicted molar refractivity (Wildman–Crippen MR) is 78.1 cm³/mol. The third kappa shape index (κ3) is 2.97. The number of ether oxygens (including phenoxy) is 1. The molecule has 2 heterocycles. The highest BCUT2D eigenvalue weighted by Gasteiger charge is 2.22.